The first-order valence-electron chi connectivity index (χ1n) is 5.48. The van der Waals surface area contributed by atoms with Gasteiger partial charge in [-0.25, -0.2) is 8.42 Å². The molecule has 2 unspecified atom stereocenters. The Balaban J connectivity index is 2.91. The first-order valence-corrected chi connectivity index (χ1v) is 7.09. The molecule has 16 heavy (non-hydrogen) atoms. The molecule has 0 aromatic carbocycles. The van der Waals surface area contributed by atoms with Crippen molar-refractivity contribution >= 4 is 16.0 Å². The van der Waals surface area contributed by atoms with Crippen LogP contribution in [0.5, 0.6) is 0 Å². The first kappa shape index (κ1) is 13.4. The molecule has 0 aliphatic carbocycles. The number of hydrogen-bond donors (Lipinski definition) is 1. The van der Waals surface area contributed by atoms with E-state index in [1.807, 2.05) is 13.8 Å². The monoisotopic (exact) mass is 249 g/mol. The lowest BCUT2D eigenvalue weighted by Gasteiger charge is -2.23. The lowest BCUT2D eigenvalue weighted by atomic mass is 10.0. The average molecular weight is 249 g/mol. The summed E-state index contributed by atoms with van der Waals surface area (Å²) in [5.41, 5.74) is 0. The Morgan fingerprint density at radius 3 is 2.50 bits per heavy atom. The minimum atomic E-state index is -3.43. The molecule has 1 saturated heterocycles. The highest BCUT2D eigenvalue weighted by molar-refractivity contribution is 7.89. The second kappa shape index (κ2) is 4.71. The van der Waals surface area contributed by atoms with Crippen LogP contribution in [0, 0.1) is 11.8 Å². The van der Waals surface area contributed by atoms with E-state index >= 15 is 0 Å². The Labute approximate surface area is 96.5 Å². The van der Waals surface area contributed by atoms with Gasteiger partial charge in [-0.05, 0) is 18.3 Å². The first-order chi connectivity index (χ1) is 7.25. The van der Waals surface area contributed by atoms with Crippen LogP contribution in [0.2, 0.25) is 0 Å². The Kier molecular flexibility index (Phi) is 3.96. The number of rotatable bonds is 4. The minimum Gasteiger partial charge on any atom is -0.480 e. The molecule has 0 bridgehead atoms. The SMILES string of the molecule is CC(C)CS(=O)(=O)N1CCC(C)C1C(=O)O. The Morgan fingerprint density at radius 2 is 2.06 bits per heavy atom. The smallest absolute Gasteiger partial charge is 0.322 e. The predicted molar refractivity (Wildman–Crippen MR) is 60.5 cm³/mol. The molecule has 0 aromatic rings. The van der Waals surface area contributed by atoms with E-state index in [0.29, 0.717) is 13.0 Å². The minimum absolute atomic E-state index is 0.00958. The maximum atomic E-state index is 12.0. The van der Waals surface area contributed by atoms with E-state index in [9.17, 15) is 13.2 Å². The van der Waals surface area contributed by atoms with Gasteiger partial charge in [0.25, 0.3) is 0 Å². The highest BCUT2D eigenvalue weighted by Crippen LogP contribution is 2.27. The molecule has 1 rings (SSSR count). The molecule has 94 valence electrons. The zero-order chi connectivity index (χ0) is 12.5. The summed E-state index contributed by atoms with van der Waals surface area (Å²) >= 11 is 0. The maximum Gasteiger partial charge on any atom is 0.322 e. The third kappa shape index (κ3) is 2.74. The molecular formula is C10H19NO4S. The quantitative estimate of drug-likeness (QED) is 0.798. The topological polar surface area (TPSA) is 74.7 Å². The second-order valence-electron chi connectivity index (χ2n) is 4.83. The lowest BCUT2D eigenvalue weighted by Crippen LogP contribution is -2.44. The van der Waals surface area contributed by atoms with Gasteiger partial charge in [-0.3, -0.25) is 4.79 Å². The average Bonchev–Trinajstić information content (AvgIpc) is 2.44. The van der Waals surface area contributed by atoms with Crippen molar-refractivity contribution in [3.05, 3.63) is 0 Å². The number of sulfonamides is 1. The molecule has 1 heterocycles. The van der Waals surface area contributed by atoms with Gasteiger partial charge in [0.15, 0.2) is 0 Å². The van der Waals surface area contributed by atoms with Crippen LogP contribution in [-0.2, 0) is 14.8 Å². The van der Waals surface area contributed by atoms with E-state index in [-0.39, 0.29) is 17.6 Å². The third-order valence-electron chi connectivity index (χ3n) is 2.81. The zero-order valence-corrected chi connectivity index (χ0v) is 10.7. The lowest BCUT2D eigenvalue weighted by molar-refractivity contribution is -0.141. The Hall–Kier alpha value is -0.620. The summed E-state index contributed by atoms with van der Waals surface area (Å²) in [5.74, 6) is -1.13. The van der Waals surface area contributed by atoms with Gasteiger partial charge in [0.05, 0.1) is 5.75 Å². The fourth-order valence-electron chi connectivity index (χ4n) is 2.11. The Morgan fingerprint density at radius 1 is 1.50 bits per heavy atom. The van der Waals surface area contributed by atoms with Crippen LogP contribution in [-0.4, -0.2) is 42.1 Å². The predicted octanol–water partition coefficient (Wildman–Crippen LogP) is 0.767. The van der Waals surface area contributed by atoms with Crippen molar-refractivity contribution in [2.75, 3.05) is 12.3 Å². The summed E-state index contributed by atoms with van der Waals surface area (Å²) in [6.07, 6.45) is 0.619. The van der Waals surface area contributed by atoms with Crippen molar-refractivity contribution in [3.63, 3.8) is 0 Å². The number of carboxylic acids is 1. The highest BCUT2D eigenvalue weighted by Gasteiger charge is 2.43. The fraction of sp³-hybridized carbons (Fsp3) is 0.900. The van der Waals surface area contributed by atoms with Gasteiger partial charge in [0.2, 0.25) is 10.0 Å². The van der Waals surface area contributed by atoms with Crippen molar-refractivity contribution in [1.82, 2.24) is 4.31 Å². The molecule has 1 aliphatic rings. The van der Waals surface area contributed by atoms with Gasteiger partial charge >= 0.3 is 5.97 Å². The van der Waals surface area contributed by atoms with Crippen LogP contribution < -0.4 is 0 Å². The Bertz CT molecular complexity index is 363. The van der Waals surface area contributed by atoms with Gasteiger partial charge in [0, 0.05) is 6.54 Å². The van der Waals surface area contributed by atoms with Crippen LogP contribution in [0.4, 0.5) is 0 Å². The summed E-state index contributed by atoms with van der Waals surface area (Å²) in [4.78, 5) is 11.0. The van der Waals surface area contributed by atoms with Gasteiger partial charge < -0.3 is 5.11 Å². The van der Waals surface area contributed by atoms with Crippen molar-refractivity contribution in [2.45, 2.75) is 33.2 Å². The molecule has 1 fully saturated rings. The zero-order valence-electron chi connectivity index (χ0n) is 9.88. The van der Waals surface area contributed by atoms with Gasteiger partial charge in [-0.1, -0.05) is 20.8 Å². The molecule has 6 heteroatoms. The molecule has 0 aromatic heterocycles. The summed E-state index contributed by atoms with van der Waals surface area (Å²) in [6.45, 7) is 5.73. The van der Waals surface area contributed by atoms with E-state index in [0.717, 1.165) is 4.31 Å². The number of carbonyl (C=O) groups is 1. The summed E-state index contributed by atoms with van der Waals surface area (Å²) < 4.78 is 25.1. The molecule has 0 spiro atoms. The molecule has 5 nitrogen and oxygen atoms in total. The van der Waals surface area contributed by atoms with E-state index in [1.165, 1.54) is 0 Å². The van der Waals surface area contributed by atoms with E-state index in [4.69, 9.17) is 5.11 Å². The van der Waals surface area contributed by atoms with E-state index in [2.05, 4.69) is 0 Å². The maximum absolute atomic E-state index is 12.0. The van der Waals surface area contributed by atoms with Crippen molar-refractivity contribution in [3.8, 4) is 0 Å². The van der Waals surface area contributed by atoms with Crippen LogP contribution in [0.1, 0.15) is 27.2 Å². The van der Waals surface area contributed by atoms with Crippen LogP contribution >= 0.6 is 0 Å². The van der Waals surface area contributed by atoms with Gasteiger partial charge in [-0.15, -0.1) is 0 Å². The van der Waals surface area contributed by atoms with Crippen molar-refractivity contribution in [1.29, 1.82) is 0 Å². The summed E-state index contributed by atoms with van der Waals surface area (Å²) in [5, 5.41) is 9.05. The van der Waals surface area contributed by atoms with E-state index in [1.54, 1.807) is 6.92 Å². The van der Waals surface area contributed by atoms with E-state index < -0.39 is 22.0 Å². The van der Waals surface area contributed by atoms with Crippen LogP contribution in [0.3, 0.4) is 0 Å². The van der Waals surface area contributed by atoms with Gasteiger partial charge in [-0.2, -0.15) is 4.31 Å². The molecule has 0 saturated carbocycles. The standard InChI is InChI=1S/C10H19NO4S/c1-7(2)6-16(14,15)11-5-4-8(3)9(11)10(12)13/h7-9H,4-6H2,1-3H3,(H,12,13). The second-order valence-corrected chi connectivity index (χ2v) is 6.80. The number of carboxylic acid groups (broad SMARTS) is 1. The largest absolute Gasteiger partial charge is 0.480 e. The van der Waals surface area contributed by atoms with Crippen LogP contribution in [0.25, 0.3) is 0 Å². The fourth-order valence-corrected chi connectivity index (χ4v) is 4.17. The molecule has 0 radical (unpaired) electrons. The number of nitrogens with zero attached hydrogens (tertiary/aromatic N) is 1. The molecule has 2 atom stereocenters. The number of hydrogen-bond acceptors (Lipinski definition) is 3. The normalized spacial score (nSPS) is 27.5. The molecule has 1 N–H and O–H groups in total. The summed E-state index contributed by atoms with van der Waals surface area (Å²) in [7, 11) is -3.43. The molecule has 1 aliphatic heterocycles. The third-order valence-corrected chi connectivity index (χ3v) is 5.02. The molecule has 0 amide bonds. The highest BCUT2D eigenvalue weighted by atomic mass is 32.2. The molecular weight excluding hydrogens is 230 g/mol. The van der Waals surface area contributed by atoms with Crippen molar-refractivity contribution < 1.29 is 18.3 Å². The van der Waals surface area contributed by atoms with Crippen LogP contribution in [0.15, 0.2) is 0 Å². The van der Waals surface area contributed by atoms with Gasteiger partial charge in [0.1, 0.15) is 6.04 Å². The number of aliphatic carboxylic acids is 1. The van der Waals surface area contributed by atoms with Crippen molar-refractivity contribution in [2.24, 2.45) is 11.8 Å². The summed E-state index contributed by atoms with van der Waals surface area (Å²) in [6, 6.07) is -0.885.